The third-order valence-electron chi connectivity index (χ3n) is 5.48. The molecule has 0 unspecified atom stereocenters. The van der Waals surface area contributed by atoms with E-state index in [1.807, 2.05) is 86.6 Å². The Labute approximate surface area is 200 Å². The third-order valence-corrected chi connectivity index (χ3v) is 6.50. The number of nitrogens with zero attached hydrogens (tertiary/aromatic N) is 4. The second-order valence-electron chi connectivity index (χ2n) is 8.38. The smallest absolute Gasteiger partial charge is 0.257 e. The number of carbonyl (C=O) groups excluding carboxylic acids is 1. The van der Waals surface area contributed by atoms with Gasteiger partial charge >= 0.3 is 0 Å². The average molecular weight is 465 g/mol. The van der Waals surface area contributed by atoms with Gasteiger partial charge in [0.25, 0.3) is 5.56 Å². The molecule has 0 radical (unpaired) electrons. The summed E-state index contributed by atoms with van der Waals surface area (Å²) in [6, 6.07) is 19.9. The fourth-order valence-electron chi connectivity index (χ4n) is 3.50. The summed E-state index contributed by atoms with van der Waals surface area (Å²) in [6.45, 7) is 3.86. The molecule has 6 nitrogen and oxygen atoms in total. The topological polar surface area (TPSA) is 58.4 Å². The number of rotatable bonds is 10. The highest BCUT2D eigenvalue weighted by atomic mass is 32.2. The van der Waals surface area contributed by atoms with Gasteiger partial charge in [-0.05, 0) is 32.1 Å². The summed E-state index contributed by atoms with van der Waals surface area (Å²) in [5.41, 5.74) is 3.52. The second kappa shape index (κ2) is 11.8. The fraction of sp³-hybridized carbons (Fsp3) is 0.346. The zero-order chi connectivity index (χ0) is 23.8. The van der Waals surface area contributed by atoms with E-state index in [0.717, 1.165) is 17.7 Å². The van der Waals surface area contributed by atoms with Crippen LogP contribution in [0, 0.1) is 6.92 Å². The van der Waals surface area contributed by atoms with Crippen LogP contribution in [0.4, 0.5) is 0 Å². The van der Waals surface area contributed by atoms with Crippen LogP contribution in [-0.4, -0.2) is 58.2 Å². The molecule has 1 heterocycles. The van der Waals surface area contributed by atoms with Gasteiger partial charge in [-0.25, -0.2) is 4.98 Å². The molecule has 33 heavy (non-hydrogen) atoms. The van der Waals surface area contributed by atoms with E-state index in [4.69, 9.17) is 0 Å². The van der Waals surface area contributed by atoms with E-state index in [1.54, 1.807) is 11.6 Å². The highest BCUT2D eigenvalue weighted by molar-refractivity contribution is 7.99. The van der Waals surface area contributed by atoms with Crippen LogP contribution < -0.4 is 5.56 Å². The number of hydrogen-bond donors (Lipinski definition) is 0. The van der Waals surface area contributed by atoms with E-state index in [9.17, 15) is 9.59 Å². The summed E-state index contributed by atoms with van der Waals surface area (Å²) in [5, 5.41) is 0.565. The number of carbonyl (C=O) groups is 1. The lowest BCUT2D eigenvalue weighted by Crippen LogP contribution is -2.37. The molecule has 1 aromatic heterocycles. The first-order chi connectivity index (χ1) is 15.8. The van der Waals surface area contributed by atoms with E-state index < -0.39 is 0 Å². The van der Waals surface area contributed by atoms with Crippen molar-refractivity contribution < 1.29 is 4.79 Å². The second-order valence-corrected chi connectivity index (χ2v) is 9.32. The molecular weight excluding hydrogens is 432 g/mol. The zero-order valence-electron chi connectivity index (χ0n) is 19.8. The minimum absolute atomic E-state index is 0.0333. The van der Waals surface area contributed by atoms with Gasteiger partial charge in [-0.2, -0.15) is 0 Å². The van der Waals surface area contributed by atoms with Gasteiger partial charge in [-0.1, -0.05) is 72.4 Å². The van der Waals surface area contributed by atoms with Gasteiger partial charge < -0.3 is 9.80 Å². The minimum atomic E-state index is -0.0601. The van der Waals surface area contributed by atoms with Crippen molar-refractivity contribution in [1.82, 2.24) is 19.4 Å². The monoisotopic (exact) mass is 464 g/mol. The predicted octanol–water partition coefficient (Wildman–Crippen LogP) is 3.36. The Bertz CT molecular complexity index is 1110. The summed E-state index contributed by atoms with van der Waals surface area (Å²) >= 11 is 1.32. The van der Waals surface area contributed by atoms with E-state index in [1.165, 1.54) is 11.8 Å². The minimum Gasteiger partial charge on any atom is -0.336 e. The molecule has 0 aliphatic heterocycles. The van der Waals surface area contributed by atoms with E-state index in [-0.39, 0.29) is 17.2 Å². The normalized spacial score (nSPS) is 11.1. The Kier molecular flexibility index (Phi) is 8.86. The van der Waals surface area contributed by atoms with Crippen LogP contribution in [0.1, 0.15) is 22.4 Å². The Hall–Kier alpha value is -2.90. The molecule has 3 rings (SSSR count). The van der Waals surface area contributed by atoms with Crippen molar-refractivity contribution in [2.24, 2.45) is 7.05 Å². The molecular formula is C26H32N4O2S. The van der Waals surface area contributed by atoms with E-state index >= 15 is 0 Å². The van der Waals surface area contributed by atoms with Gasteiger partial charge in [-0.15, -0.1) is 0 Å². The maximum Gasteiger partial charge on any atom is 0.257 e. The number of aryl methyl sites for hydroxylation is 1. The first-order valence-electron chi connectivity index (χ1n) is 11.0. The highest BCUT2D eigenvalue weighted by Crippen LogP contribution is 2.18. The molecule has 0 aliphatic carbocycles. The fourth-order valence-corrected chi connectivity index (χ4v) is 4.41. The molecule has 3 aromatic rings. The zero-order valence-corrected chi connectivity index (χ0v) is 20.6. The maximum atomic E-state index is 13.1. The van der Waals surface area contributed by atoms with Crippen LogP contribution in [0.25, 0.3) is 0 Å². The molecule has 0 aliphatic rings. The lowest BCUT2D eigenvalue weighted by molar-refractivity contribution is -0.129. The van der Waals surface area contributed by atoms with Crippen molar-refractivity contribution in [1.29, 1.82) is 0 Å². The molecule has 0 spiro atoms. The van der Waals surface area contributed by atoms with Crippen molar-refractivity contribution >= 4 is 17.7 Å². The van der Waals surface area contributed by atoms with Gasteiger partial charge in [0.15, 0.2) is 5.16 Å². The number of aromatic nitrogens is 2. The molecule has 0 bridgehead atoms. The largest absolute Gasteiger partial charge is 0.336 e. The van der Waals surface area contributed by atoms with Crippen LogP contribution in [-0.2, 0) is 24.8 Å². The molecule has 0 atom stereocenters. The lowest BCUT2D eigenvalue weighted by atomic mass is 10.1. The SMILES string of the molecule is Cc1nc(SCC(=O)N(CCN(C)C)Cc2ccccc2)n(C)c(=O)c1Cc1ccccc1. The molecule has 0 saturated carbocycles. The van der Waals surface area contributed by atoms with Crippen molar-refractivity contribution in [3.63, 3.8) is 0 Å². The summed E-state index contributed by atoms with van der Waals surface area (Å²) in [5.74, 6) is 0.267. The lowest BCUT2D eigenvalue weighted by Gasteiger charge is -2.24. The van der Waals surface area contributed by atoms with Gasteiger partial charge in [0.2, 0.25) is 5.91 Å². The first kappa shape index (κ1) is 24.7. The molecule has 7 heteroatoms. The van der Waals surface area contributed by atoms with Crippen LogP contribution in [0.5, 0.6) is 0 Å². The molecule has 2 aromatic carbocycles. The van der Waals surface area contributed by atoms with Gasteiger partial charge in [-0.3, -0.25) is 14.2 Å². The average Bonchev–Trinajstić information content (AvgIpc) is 2.82. The summed E-state index contributed by atoms with van der Waals surface area (Å²) in [7, 11) is 5.72. The molecule has 174 valence electrons. The molecule has 0 fully saturated rings. The van der Waals surface area contributed by atoms with E-state index in [2.05, 4.69) is 9.88 Å². The summed E-state index contributed by atoms with van der Waals surface area (Å²) in [4.78, 5) is 34.7. The maximum absolute atomic E-state index is 13.1. The van der Waals surface area contributed by atoms with Gasteiger partial charge in [0.1, 0.15) is 0 Å². The standard InChI is InChI=1S/C26H32N4O2S/c1-20-23(17-21-11-7-5-8-12-21)25(32)29(4)26(27-20)33-19-24(31)30(16-15-28(2)3)18-22-13-9-6-10-14-22/h5-14H,15-19H2,1-4H3. The quantitative estimate of drug-likeness (QED) is 0.340. The van der Waals surface area contributed by atoms with Gasteiger partial charge in [0.05, 0.1) is 5.75 Å². The van der Waals surface area contributed by atoms with E-state index in [0.29, 0.717) is 35.9 Å². The summed E-state index contributed by atoms with van der Waals surface area (Å²) < 4.78 is 1.56. The summed E-state index contributed by atoms with van der Waals surface area (Å²) in [6.07, 6.45) is 0.547. The van der Waals surface area contributed by atoms with Crippen LogP contribution in [0.3, 0.4) is 0 Å². The number of amides is 1. The number of thioether (sulfide) groups is 1. The Morgan fingerprint density at radius 3 is 2.18 bits per heavy atom. The van der Waals surface area contributed by atoms with Crippen molar-refractivity contribution in [3.05, 3.63) is 93.4 Å². The van der Waals surface area contributed by atoms with Gasteiger partial charge in [0, 0.05) is 44.4 Å². The van der Waals surface area contributed by atoms with Crippen molar-refractivity contribution in [3.8, 4) is 0 Å². The number of likely N-dealkylation sites (N-methyl/N-ethyl adjacent to an activating group) is 1. The van der Waals surface area contributed by atoms with Crippen LogP contribution >= 0.6 is 11.8 Å². The first-order valence-corrected chi connectivity index (χ1v) is 12.0. The molecule has 1 amide bonds. The molecule has 0 N–H and O–H groups in total. The number of hydrogen-bond acceptors (Lipinski definition) is 5. The number of benzene rings is 2. The predicted molar refractivity (Wildman–Crippen MR) is 135 cm³/mol. The Morgan fingerprint density at radius 1 is 0.970 bits per heavy atom. The van der Waals surface area contributed by atoms with Crippen LogP contribution in [0.2, 0.25) is 0 Å². The Morgan fingerprint density at radius 2 is 1.58 bits per heavy atom. The van der Waals surface area contributed by atoms with Crippen LogP contribution in [0.15, 0.2) is 70.6 Å². The highest BCUT2D eigenvalue weighted by Gasteiger charge is 2.18. The molecule has 0 saturated heterocycles. The third kappa shape index (κ3) is 7.04. The Balaban J connectivity index is 1.72. The van der Waals surface area contributed by atoms with Crippen molar-refractivity contribution in [2.75, 3.05) is 32.9 Å². The van der Waals surface area contributed by atoms with Crippen molar-refractivity contribution in [2.45, 2.75) is 25.0 Å².